The molecule has 4 aromatic rings. The molecule has 5 rings (SSSR count). The molecule has 172 valence electrons. The molecule has 2 aromatic carbocycles. The number of anilines is 1. The normalized spacial score (nSPS) is 17.5. The predicted octanol–water partition coefficient (Wildman–Crippen LogP) is 5.38. The Morgan fingerprint density at radius 2 is 1.47 bits per heavy atom. The Morgan fingerprint density at radius 1 is 0.824 bits per heavy atom. The summed E-state index contributed by atoms with van der Waals surface area (Å²) >= 11 is 5.87. The van der Waals surface area contributed by atoms with Gasteiger partial charge in [-0.25, -0.2) is 0 Å². The molecule has 0 amide bonds. The van der Waals surface area contributed by atoms with Gasteiger partial charge >= 0.3 is 0 Å². The van der Waals surface area contributed by atoms with Crippen molar-refractivity contribution in [3.63, 3.8) is 0 Å². The van der Waals surface area contributed by atoms with Crippen molar-refractivity contribution in [3.05, 3.63) is 102 Å². The first-order valence-corrected chi connectivity index (χ1v) is 11.5. The zero-order chi connectivity index (χ0) is 23.7. The minimum Gasteiger partial charge on any atom is -0.497 e. The van der Waals surface area contributed by atoms with Crippen LogP contribution in [0.25, 0.3) is 5.69 Å². The zero-order valence-corrected chi connectivity index (χ0v) is 20.1. The number of pyridine rings is 1. The number of hydrogen-bond acceptors (Lipinski definition) is 4. The summed E-state index contributed by atoms with van der Waals surface area (Å²) in [7, 11) is 3.35. The van der Waals surface area contributed by atoms with Gasteiger partial charge < -0.3 is 24.3 Å². The van der Waals surface area contributed by atoms with E-state index in [4.69, 9.17) is 21.7 Å². The monoisotopic (exact) mass is 470 g/mol. The molecule has 7 heteroatoms. The van der Waals surface area contributed by atoms with Crippen LogP contribution in [0.15, 0.2) is 85.1 Å². The van der Waals surface area contributed by atoms with Crippen LogP contribution in [0.4, 0.5) is 5.69 Å². The van der Waals surface area contributed by atoms with Crippen LogP contribution in [0, 0.1) is 6.92 Å². The first-order chi connectivity index (χ1) is 16.6. The molecule has 1 N–H and O–H groups in total. The van der Waals surface area contributed by atoms with Crippen LogP contribution in [0.5, 0.6) is 11.5 Å². The molecule has 1 saturated heterocycles. The van der Waals surface area contributed by atoms with Gasteiger partial charge in [0.05, 0.1) is 26.0 Å². The summed E-state index contributed by atoms with van der Waals surface area (Å²) < 4.78 is 13.0. The van der Waals surface area contributed by atoms with Crippen molar-refractivity contribution >= 4 is 23.0 Å². The molecular weight excluding hydrogens is 444 g/mol. The van der Waals surface area contributed by atoms with Crippen molar-refractivity contribution in [3.8, 4) is 17.2 Å². The van der Waals surface area contributed by atoms with Gasteiger partial charge in [0.25, 0.3) is 0 Å². The molecular formula is C27H26N4O2S. The third-order valence-corrected chi connectivity index (χ3v) is 6.50. The molecule has 2 aromatic heterocycles. The second-order valence-electron chi connectivity index (χ2n) is 8.13. The first kappa shape index (κ1) is 22.0. The number of thiocarbonyl (C=S) groups is 1. The van der Waals surface area contributed by atoms with E-state index in [0.29, 0.717) is 5.11 Å². The van der Waals surface area contributed by atoms with Gasteiger partial charge in [-0.2, -0.15) is 0 Å². The fourth-order valence-corrected chi connectivity index (χ4v) is 4.90. The molecule has 3 heterocycles. The smallest absolute Gasteiger partial charge is 0.174 e. The van der Waals surface area contributed by atoms with E-state index >= 15 is 0 Å². The summed E-state index contributed by atoms with van der Waals surface area (Å²) in [6.45, 7) is 2.11. The highest BCUT2D eigenvalue weighted by molar-refractivity contribution is 7.80. The lowest BCUT2D eigenvalue weighted by Gasteiger charge is -2.29. The summed E-state index contributed by atoms with van der Waals surface area (Å²) in [6.07, 6.45) is 1.82. The van der Waals surface area contributed by atoms with Gasteiger partial charge in [-0.15, -0.1) is 0 Å². The van der Waals surface area contributed by atoms with Gasteiger partial charge in [0.2, 0.25) is 0 Å². The highest BCUT2D eigenvalue weighted by Gasteiger charge is 2.42. The third kappa shape index (κ3) is 3.88. The van der Waals surface area contributed by atoms with Crippen molar-refractivity contribution in [1.82, 2.24) is 14.9 Å². The van der Waals surface area contributed by atoms with E-state index in [-0.39, 0.29) is 12.1 Å². The standard InChI is InChI=1S/C27H26N4O2S/c1-18-7-16-24(30(18)19-8-12-21(32-2)13-9-19)26-25(23-6-4-5-17-28-23)29-27(34)31(26)20-10-14-22(33-3)15-11-20/h4-17,25-26H,1-3H3,(H,29,34). The molecule has 6 nitrogen and oxygen atoms in total. The number of hydrogen-bond donors (Lipinski definition) is 1. The fraction of sp³-hybridized carbons (Fsp3) is 0.185. The molecule has 2 unspecified atom stereocenters. The highest BCUT2D eigenvalue weighted by Crippen LogP contribution is 2.43. The minimum absolute atomic E-state index is 0.119. The SMILES string of the molecule is COc1ccc(N2C(=S)NC(c3ccccn3)C2c2ccc(C)n2-c2ccc(OC)cc2)cc1. The highest BCUT2D eigenvalue weighted by atomic mass is 32.1. The zero-order valence-electron chi connectivity index (χ0n) is 19.3. The number of nitrogens with zero attached hydrogens (tertiary/aromatic N) is 3. The predicted molar refractivity (Wildman–Crippen MR) is 138 cm³/mol. The first-order valence-electron chi connectivity index (χ1n) is 11.1. The van der Waals surface area contributed by atoms with Crippen molar-refractivity contribution in [2.24, 2.45) is 0 Å². The second-order valence-corrected chi connectivity index (χ2v) is 8.51. The Labute approximate surface area is 204 Å². The molecule has 1 aliphatic rings. The van der Waals surface area contributed by atoms with Crippen molar-refractivity contribution < 1.29 is 9.47 Å². The Kier molecular flexibility index (Phi) is 5.94. The topological polar surface area (TPSA) is 51.5 Å². The van der Waals surface area contributed by atoms with Crippen LogP contribution in [0.1, 0.15) is 29.2 Å². The lowest BCUT2D eigenvalue weighted by molar-refractivity contribution is 0.414. The summed E-state index contributed by atoms with van der Waals surface area (Å²) in [6, 6.07) is 26.1. The molecule has 34 heavy (non-hydrogen) atoms. The minimum atomic E-state index is -0.123. The number of ether oxygens (including phenoxy) is 2. The largest absolute Gasteiger partial charge is 0.497 e. The summed E-state index contributed by atoms with van der Waals surface area (Å²) in [4.78, 5) is 6.83. The lowest BCUT2D eigenvalue weighted by Crippen LogP contribution is -2.30. The van der Waals surface area contributed by atoms with Gasteiger partial charge in [0.15, 0.2) is 5.11 Å². The van der Waals surface area contributed by atoms with Crippen molar-refractivity contribution in [1.29, 1.82) is 0 Å². The number of rotatable bonds is 6. The molecule has 0 aliphatic carbocycles. The van der Waals surface area contributed by atoms with E-state index in [1.165, 1.54) is 0 Å². The summed E-state index contributed by atoms with van der Waals surface area (Å²) in [5.74, 6) is 1.63. The van der Waals surface area contributed by atoms with Crippen LogP contribution in [-0.2, 0) is 0 Å². The maximum Gasteiger partial charge on any atom is 0.174 e. The Morgan fingerprint density at radius 3 is 2.06 bits per heavy atom. The summed E-state index contributed by atoms with van der Waals surface area (Å²) in [5, 5.41) is 4.19. The Hall–Kier alpha value is -3.84. The molecule has 0 saturated carbocycles. The molecule has 0 radical (unpaired) electrons. The number of methoxy groups -OCH3 is 2. The average Bonchev–Trinajstić information content (AvgIpc) is 3.44. The molecule has 0 bridgehead atoms. The maximum atomic E-state index is 5.87. The molecule has 1 aliphatic heterocycles. The van der Waals surface area contributed by atoms with E-state index in [0.717, 1.165) is 40.0 Å². The van der Waals surface area contributed by atoms with Crippen LogP contribution in [0.3, 0.4) is 0 Å². The fourth-order valence-electron chi connectivity index (χ4n) is 4.55. The van der Waals surface area contributed by atoms with E-state index in [1.54, 1.807) is 14.2 Å². The number of aryl methyl sites for hydroxylation is 1. The van der Waals surface area contributed by atoms with Gasteiger partial charge in [-0.1, -0.05) is 6.07 Å². The molecule has 1 fully saturated rings. The second kappa shape index (κ2) is 9.19. The van der Waals surface area contributed by atoms with Gasteiger partial charge in [0, 0.05) is 29.0 Å². The van der Waals surface area contributed by atoms with Gasteiger partial charge in [-0.05, 0) is 91.9 Å². The van der Waals surface area contributed by atoms with Crippen LogP contribution in [0.2, 0.25) is 0 Å². The average molecular weight is 471 g/mol. The van der Waals surface area contributed by atoms with Crippen molar-refractivity contribution in [2.75, 3.05) is 19.1 Å². The Bertz CT molecular complexity index is 1290. The van der Waals surface area contributed by atoms with E-state index < -0.39 is 0 Å². The van der Waals surface area contributed by atoms with Crippen LogP contribution in [-0.4, -0.2) is 28.9 Å². The maximum absolute atomic E-state index is 5.87. The van der Waals surface area contributed by atoms with E-state index in [9.17, 15) is 0 Å². The van der Waals surface area contributed by atoms with Crippen LogP contribution < -0.4 is 19.7 Å². The van der Waals surface area contributed by atoms with Gasteiger partial charge in [0.1, 0.15) is 17.5 Å². The lowest BCUT2D eigenvalue weighted by atomic mass is 10.0. The van der Waals surface area contributed by atoms with E-state index in [1.807, 2.05) is 60.8 Å². The van der Waals surface area contributed by atoms with Gasteiger partial charge in [-0.3, -0.25) is 4.98 Å². The number of aromatic nitrogens is 2. The van der Waals surface area contributed by atoms with E-state index in [2.05, 4.69) is 51.0 Å². The van der Waals surface area contributed by atoms with Crippen LogP contribution >= 0.6 is 12.2 Å². The molecule has 2 atom stereocenters. The molecule has 0 spiro atoms. The third-order valence-electron chi connectivity index (χ3n) is 6.19. The number of benzene rings is 2. The summed E-state index contributed by atoms with van der Waals surface area (Å²) in [5.41, 5.74) is 5.23. The van der Waals surface area contributed by atoms with Crippen molar-refractivity contribution in [2.45, 2.75) is 19.0 Å². The number of nitrogens with one attached hydrogen (secondary N) is 1. The Balaban J connectivity index is 1.66. The quantitative estimate of drug-likeness (QED) is 0.382.